The van der Waals surface area contributed by atoms with Gasteiger partial charge in [-0.3, -0.25) is 13.9 Å². The minimum absolute atomic E-state index is 0.782. The zero-order valence-corrected chi connectivity index (χ0v) is 23.1. The molecule has 6 aromatic carbocycles. The summed E-state index contributed by atoms with van der Waals surface area (Å²) in [6.07, 6.45) is 0. The number of aromatic nitrogens is 1. The molecule has 5 heteroatoms. The van der Waals surface area contributed by atoms with Crippen molar-refractivity contribution < 1.29 is 4.57 Å². The second-order valence-electron chi connectivity index (χ2n) is 10.2. The van der Waals surface area contributed by atoms with Crippen molar-refractivity contribution in [2.24, 2.45) is 0 Å². The number of benzene rings is 6. The number of anilines is 4. The van der Waals surface area contributed by atoms with Crippen LogP contribution in [0.25, 0.3) is 27.5 Å². The highest BCUT2D eigenvalue weighted by molar-refractivity contribution is 7.76. The summed E-state index contributed by atoms with van der Waals surface area (Å²) in [7, 11) is -3.46. The Kier molecular flexibility index (Phi) is 5.38. The van der Waals surface area contributed by atoms with Crippen molar-refractivity contribution in [3.05, 3.63) is 158 Å². The van der Waals surface area contributed by atoms with Gasteiger partial charge in [0.15, 0.2) is 0 Å². The van der Waals surface area contributed by atoms with Crippen LogP contribution in [0.4, 0.5) is 22.7 Å². The van der Waals surface area contributed by atoms with Crippen LogP contribution < -0.4 is 14.6 Å². The summed E-state index contributed by atoms with van der Waals surface area (Å²) in [4.78, 5) is 0. The Labute approximate surface area is 238 Å². The summed E-state index contributed by atoms with van der Waals surface area (Å²) in [5, 5.41) is 2.99. The third-order valence-electron chi connectivity index (χ3n) is 7.89. The molecule has 0 radical (unpaired) electrons. The summed E-state index contributed by atoms with van der Waals surface area (Å²) in [5.74, 6) is 0. The van der Waals surface area contributed by atoms with Gasteiger partial charge >= 0.3 is 7.44 Å². The zero-order valence-electron chi connectivity index (χ0n) is 22.2. The highest BCUT2D eigenvalue weighted by atomic mass is 31.2. The van der Waals surface area contributed by atoms with Gasteiger partial charge in [0.05, 0.1) is 27.7 Å². The maximum atomic E-state index is 16.0. The number of rotatable bonds is 4. The van der Waals surface area contributed by atoms with E-state index >= 15 is 4.57 Å². The van der Waals surface area contributed by atoms with Gasteiger partial charge in [-0.1, -0.05) is 84.9 Å². The van der Waals surface area contributed by atoms with Gasteiger partial charge in [0.1, 0.15) is 0 Å². The molecule has 1 aliphatic heterocycles. The molecule has 0 N–H and O–H groups in total. The Hall–Kier alpha value is -5.05. The van der Waals surface area contributed by atoms with Crippen LogP contribution in [0, 0.1) is 0 Å². The third kappa shape index (κ3) is 3.51. The van der Waals surface area contributed by atoms with E-state index in [4.69, 9.17) is 0 Å². The molecule has 0 fully saturated rings. The Morgan fingerprint density at radius 1 is 0.415 bits per heavy atom. The van der Waals surface area contributed by atoms with Gasteiger partial charge in [-0.15, -0.1) is 0 Å². The van der Waals surface area contributed by atoms with E-state index in [1.807, 2.05) is 88.2 Å². The molecule has 41 heavy (non-hydrogen) atoms. The Bertz CT molecular complexity index is 2020. The number of nitrogens with zero attached hydrogens (tertiary/aromatic N) is 3. The summed E-state index contributed by atoms with van der Waals surface area (Å²) < 4.78 is 22.4. The molecule has 0 aliphatic carbocycles. The van der Waals surface area contributed by atoms with E-state index in [2.05, 4.69) is 83.4 Å². The predicted octanol–water partition coefficient (Wildman–Crippen LogP) is 9.59. The van der Waals surface area contributed by atoms with E-state index in [9.17, 15) is 0 Å². The predicted molar refractivity (Wildman–Crippen MR) is 172 cm³/mol. The monoisotopic (exact) mass is 547 g/mol. The van der Waals surface area contributed by atoms with E-state index in [0.29, 0.717) is 0 Å². The van der Waals surface area contributed by atoms with E-state index in [1.54, 1.807) is 0 Å². The minimum atomic E-state index is -3.46. The van der Waals surface area contributed by atoms with E-state index in [0.717, 1.165) is 55.5 Å². The van der Waals surface area contributed by atoms with Crippen molar-refractivity contribution in [3.63, 3.8) is 0 Å². The van der Waals surface area contributed by atoms with Gasteiger partial charge in [-0.05, 0) is 72.8 Å². The molecular weight excluding hydrogens is 521 g/mol. The first-order valence-corrected chi connectivity index (χ1v) is 15.4. The lowest BCUT2D eigenvalue weighted by atomic mass is 10.1. The van der Waals surface area contributed by atoms with Crippen molar-refractivity contribution in [3.8, 4) is 5.69 Å². The largest absolute Gasteiger partial charge is 0.309 e. The molecule has 0 saturated carbocycles. The molecular formula is C36H26N3OP. The fourth-order valence-electron chi connectivity index (χ4n) is 6.16. The first-order valence-electron chi connectivity index (χ1n) is 13.7. The van der Waals surface area contributed by atoms with Gasteiger partial charge < -0.3 is 4.57 Å². The standard InChI is InChI=1S/C36H26N3OP/c40-41(30-24-25-34-32(26-30)31-20-10-11-21-33(31)37(34)27-14-4-1-5-15-27)38(28-16-6-2-7-17-28)35-22-12-13-23-36(35)39(41)29-18-8-3-9-19-29/h1-26H. The van der Waals surface area contributed by atoms with Gasteiger partial charge in [0.25, 0.3) is 0 Å². The molecule has 2 heterocycles. The van der Waals surface area contributed by atoms with Crippen molar-refractivity contribution in [2.45, 2.75) is 0 Å². The molecule has 0 spiro atoms. The SMILES string of the molecule is O=P1(c2ccc3c(c2)c2ccccc2n3-c2ccccc2)N(c2ccccc2)c2ccccc2N1c1ccccc1. The molecule has 0 bridgehead atoms. The fourth-order valence-corrected chi connectivity index (χ4v) is 9.18. The normalized spacial score (nSPS) is 14.0. The van der Waals surface area contributed by atoms with Crippen LogP contribution in [0.15, 0.2) is 158 Å². The van der Waals surface area contributed by atoms with Crippen LogP contribution >= 0.6 is 7.44 Å². The van der Waals surface area contributed by atoms with Gasteiger partial charge in [-0.2, -0.15) is 0 Å². The molecule has 0 atom stereocenters. The van der Waals surface area contributed by atoms with E-state index in [1.165, 1.54) is 0 Å². The van der Waals surface area contributed by atoms with Crippen molar-refractivity contribution in [1.82, 2.24) is 4.57 Å². The Morgan fingerprint density at radius 3 is 1.46 bits per heavy atom. The molecule has 1 aromatic heterocycles. The average molecular weight is 548 g/mol. The van der Waals surface area contributed by atoms with Crippen LogP contribution in [-0.2, 0) is 4.57 Å². The second-order valence-corrected chi connectivity index (χ2v) is 12.6. The number of hydrogen-bond donors (Lipinski definition) is 0. The highest BCUT2D eigenvalue weighted by Gasteiger charge is 2.49. The molecule has 196 valence electrons. The van der Waals surface area contributed by atoms with E-state index in [-0.39, 0.29) is 0 Å². The topological polar surface area (TPSA) is 28.5 Å². The maximum Gasteiger partial charge on any atom is 0.301 e. The molecule has 7 aromatic rings. The lowest BCUT2D eigenvalue weighted by Crippen LogP contribution is -2.26. The summed E-state index contributed by atoms with van der Waals surface area (Å²) in [6, 6.07) is 53.6. The molecule has 0 saturated heterocycles. The van der Waals surface area contributed by atoms with Crippen LogP contribution in [0.5, 0.6) is 0 Å². The van der Waals surface area contributed by atoms with Gasteiger partial charge in [0, 0.05) is 27.8 Å². The quantitative estimate of drug-likeness (QED) is 0.205. The maximum absolute atomic E-state index is 16.0. The Morgan fingerprint density at radius 2 is 0.878 bits per heavy atom. The van der Waals surface area contributed by atoms with E-state index < -0.39 is 7.44 Å². The smallest absolute Gasteiger partial charge is 0.301 e. The number of fused-ring (bicyclic) bond motifs is 4. The first kappa shape index (κ1) is 23.8. The fraction of sp³-hybridized carbons (Fsp3) is 0. The number of hydrogen-bond acceptors (Lipinski definition) is 1. The van der Waals surface area contributed by atoms with Crippen LogP contribution in [0.1, 0.15) is 0 Å². The molecule has 8 rings (SSSR count). The lowest BCUT2D eigenvalue weighted by molar-refractivity contribution is 0.582. The molecule has 0 unspecified atom stereocenters. The minimum Gasteiger partial charge on any atom is -0.309 e. The summed E-state index contributed by atoms with van der Waals surface area (Å²) in [5.41, 5.74) is 6.96. The summed E-state index contributed by atoms with van der Waals surface area (Å²) in [6.45, 7) is 0. The van der Waals surface area contributed by atoms with Crippen LogP contribution in [0.3, 0.4) is 0 Å². The molecule has 4 nitrogen and oxygen atoms in total. The zero-order chi connectivity index (χ0) is 27.4. The highest BCUT2D eigenvalue weighted by Crippen LogP contribution is 2.70. The lowest BCUT2D eigenvalue weighted by Gasteiger charge is -2.33. The molecule has 0 amide bonds. The first-order chi connectivity index (χ1) is 20.2. The summed E-state index contributed by atoms with van der Waals surface area (Å²) >= 11 is 0. The van der Waals surface area contributed by atoms with Gasteiger partial charge in [-0.25, -0.2) is 0 Å². The Balaban J connectivity index is 1.44. The average Bonchev–Trinajstić information content (AvgIpc) is 3.51. The third-order valence-corrected chi connectivity index (χ3v) is 10.8. The van der Waals surface area contributed by atoms with Crippen LogP contribution in [-0.4, -0.2) is 4.57 Å². The van der Waals surface area contributed by atoms with Crippen LogP contribution in [0.2, 0.25) is 0 Å². The van der Waals surface area contributed by atoms with Crippen molar-refractivity contribution in [1.29, 1.82) is 0 Å². The molecule has 1 aliphatic rings. The number of para-hydroxylation sites is 6. The van der Waals surface area contributed by atoms with Gasteiger partial charge in [0.2, 0.25) is 0 Å². The van der Waals surface area contributed by atoms with Crippen molar-refractivity contribution >= 4 is 57.3 Å². The second kappa shape index (κ2) is 9.26. The van der Waals surface area contributed by atoms with Crippen molar-refractivity contribution in [2.75, 3.05) is 9.34 Å².